The third-order valence-corrected chi connectivity index (χ3v) is 2.98. The molecule has 0 radical (unpaired) electrons. The first kappa shape index (κ1) is 8.16. The molecule has 2 rings (SSSR count). The van der Waals surface area contributed by atoms with Crippen LogP contribution in [0.4, 0.5) is 0 Å². The van der Waals surface area contributed by atoms with E-state index in [1.807, 2.05) is 0 Å². The average molecular weight is 272 g/mol. The van der Waals surface area contributed by atoms with Crippen LogP contribution in [0.25, 0.3) is 0 Å². The highest BCUT2D eigenvalue weighted by molar-refractivity contribution is 14.1. The number of benzene rings is 1. The predicted octanol–water partition coefficient (Wildman–Crippen LogP) is 3.02. The Balaban J connectivity index is 2.18. The lowest BCUT2D eigenvalue weighted by Gasteiger charge is -2.05. The van der Waals surface area contributed by atoms with Gasteiger partial charge in [-0.1, -0.05) is 18.2 Å². The van der Waals surface area contributed by atoms with Crippen molar-refractivity contribution in [1.29, 1.82) is 0 Å². The van der Waals surface area contributed by atoms with E-state index in [1.165, 1.54) is 9.13 Å². The second-order valence-electron chi connectivity index (χ2n) is 3.19. The minimum Gasteiger partial charge on any atom is -0.159 e. The summed E-state index contributed by atoms with van der Waals surface area (Å²) in [5, 5.41) is 7.98. The summed E-state index contributed by atoms with van der Waals surface area (Å²) >= 11 is 2.34. The standard InChI is InChI=1S/C9H9IN2/c1-9(11-12-9)6-7-4-2-3-5-8(7)10/h2-5H,6H2,1H3. The summed E-state index contributed by atoms with van der Waals surface area (Å²) in [5.74, 6) is 0. The fourth-order valence-electron chi connectivity index (χ4n) is 1.16. The van der Waals surface area contributed by atoms with E-state index < -0.39 is 0 Å². The van der Waals surface area contributed by atoms with Crippen LogP contribution in [0.5, 0.6) is 0 Å². The van der Waals surface area contributed by atoms with Gasteiger partial charge in [0.1, 0.15) is 0 Å². The summed E-state index contributed by atoms with van der Waals surface area (Å²) in [7, 11) is 0. The normalized spacial score (nSPS) is 17.8. The summed E-state index contributed by atoms with van der Waals surface area (Å²) in [4.78, 5) is 0. The van der Waals surface area contributed by atoms with Crippen molar-refractivity contribution in [2.24, 2.45) is 10.2 Å². The predicted molar refractivity (Wildman–Crippen MR) is 56.1 cm³/mol. The molecule has 0 amide bonds. The molecule has 1 aliphatic heterocycles. The Bertz CT molecular complexity index is 327. The topological polar surface area (TPSA) is 24.7 Å². The first-order chi connectivity index (χ1) is 5.70. The fourth-order valence-corrected chi connectivity index (χ4v) is 1.74. The van der Waals surface area contributed by atoms with Crippen molar-refractivity contribution in [1.82, 2.24) is 0 Å². The number of hydrogen-bond donors (Lipinski definition) is 0. The van der Waals surface area contributed by atoms with Crippen molar-refractivity contribution in [3.05, 3.63) is 33.4 Å². The van der Waals surface area contributed by atoms with Crippen LogP contribution in [0.2, 0.25) is 0 Å². The van der Waals surface area contributed by atoms with Crippen LogP contribution < -0.4 is 0 Å². The third-order valence-electron chi connectivity index (χ3n) is 1.92. The minimum atomic E-state index is -0.110. The maximum absolute atomic E-state index is 3.99. The molecule has 1 heterocycles. The van der Waals surface area contributed by atoms with E-state index in [0.29, 0.717) is 0 Å². The second-order valence-corrected chi connectivity index (χ2v) is 4.35. The Kier molecular flexibility index (Phi) is 1.90. The quantitative estimate of drug-likeness (QED) is 0.739. The molecule has 1 aromatic carbocycles. The molecule has 0 N–H and O–H groups in total. The molecule has 12 heavy (non-hydrogen) atoms. The van der Waals surface area contributed by atoms with E-state index in [9.17, 15) is 0 Å². The molecule has 0 atom stereocenters. The molecule has 0 unspecified atom stereocenters. The van der Waals surface area contributed by atoms with Gasteiger partial charge in [0.25, 0.3) is 0 Å². The van der Waals surface area contributed by atoms with Crippen LogP contribution in [0.15, 0.2) is 34.5 Å². The van der Waals surface area contributed by atoms with Gasteiger partial charge in [0.05, 0.1) is 0 Å². The Labute approximate surface area is 85.2 Å². The minimum absolute atomic E-state index is 0.110. The SMILES string of the molecule is CC1(Cc2ccccc2I)N=N1. The molecule has 0 saturated carbocycles. The van der Waals surface area contributed by atoms with Crippen molar-refractivity contribution < 1.29 is 0 Å². The van der Waals surface area contributed by atoms with Crippen LogP contribution in [0.3, 0.4) is 0 Å². The highest BCUT2D eigenvalue weighted by atomic mass is 127. The van der Waals surface area contributed by atoms with Crippen molar-refractivity contribution in [3.63, 3.8) is 0 Å². The van der Waals surface area contributed by atoms with Gasteiger partial charge in [0.15, 0.2) is 5.66 Å². The second kappa shape index (κ2) is 2.80. The van der Waals surface area contributed by atoms with Crippen molar-refractivity contribution in [2.75, 3.05) is 0 Å². The van der Waals surface area contributed by atoms with Gasteiger partial charge >= 0.3 is 0 Å². The summed E-state index contributed by atoms with van der Waals surface area (Å²) in [6, 6.07) is 8.36. The molecule has 1 aliphatic rings. The molecular weight excluding hydrogens is 263 g/mol. The van der Waals surface area contributed by atoms with Crippen LogP contribution in [0.1, 0.15) is 12.5 Å². The summed E-state index contributed by atoms with van der Waals surface area (Å²) in [5.41, 5.74) is 1.23. The van der Waals surface area contributed by atoms with Crippen LogP contribution in [-0.2, 0) is 6.42 Å². The van der Waals surface area contributed by atoms with E-state index in [2.05, 4.69) is 64.0 Å². The smallest absolute Gasteiger partial charge is 0.159 e. The van der Waals surface area contributed by atoms with Crippen LogP contribution in [0, 0.1) is 3.57 Å². The number of halogens is 1. The molecule has 0 aromatic heterocycles. The van der Waals surface area contributed by atoms with E-state index in [-0.39, 0.29) is 5.66 Å². The van der Waals surface area contributed by atoms with Gasteiger partial charge < -0.3 is 0 Å². The lowest BCUT2D eigenvalue weighted by atomic mass is 10.1. The number of hydrogen-bond acceptors (Lipinski definition) is 2. The van der Waals surface area contributed by atoms with Gasteiger partial charge in [-0.15, -0.1) is 0 Å². The Morgan fingerprint density at radius 3 is 2.58 bits per heavy atom. The van der Waals surface area contributed by atoms with Gasteiger partial charge in [-0.05, 0) is 41.1 Å². The van der Waals surface area contributed by atoms with E-state index in [0.717, 1.165) is 6.42 Å². The Morgan fingerprint density at radius 1 is 1.33 bits per heavy atom. The molecule has 0 spiro atoms. The van der Waals surface area contributed by atoms with Gasteiger partial charge in [-0.3, -0.25) is 0 Å². The van der Waals surface area contributed by atoms with E-state index in [4.69, 9.17) is 0 Å². The lowest BCUT2D eigenvalue weighted by Crippen LogP contribution is -2.09. The molecule has 0 aliphatic carbocycles. The van der Waals surface area contributed by atoms with Gasteiger partial charge in [0.2, 0.25) is 0 Å². The molecule has 0 fully saturated rings. The van der Waals surface area contributed by atoms with Crippen LogP contribution in [-0.4, -0.2) is 5.66 Å². The number of rotatable bonds is 2. The molecule has 0 bridgehead atoms. The lowest BCUT2D eigenvalue weighted by molar-refractivity contribution is 0.660. The van der Waals surface area contributed by atoms with Gasteiger partial charge in [0, 0.05) is 9.99 Å². The highest BCUT2D eigenvalue weighted by Gasteiger charge is 2.34. The monoisotopic (exact) mass is 272 g/mol. The van der Waals surface area contributed by atoms with Crippen molar-refractivity contribution >= 4 is 22.6 Å². The average Bonchev–Trinajstić information content (AvgIpc) is 2.74. The molecule has 2 nitrogen and oxygen atoms in total. The summed E-state index contributed by atoms with van der Waals surface area (Å²) < 4.78 is 1.30. The zero-order valence-electron chi connectivity index (χ0n) is 6.79. The molecular formula is C9H9IN2. The fraction of sp³-hybridized carbons (Fsp3) is 0.333. The first-order valence-electron chi connectivity index (χ1n) is 3.87. The number of nitrogens with zero attached hydrogens (tertiary/aromatic N) is 2. The highest BCUT2D eigenvalue weighted by Crippen LogP contribution is 2.32. The molecule has 3 heteroatoms. The van der Waals surface area contributed by atoms with E-state index >= 15 is 0 Å². The van der Waals surface area contributed by atoms with E-state index in [1.54, 1.807) is 0 Å². The van der Waals surface area contributed by atoms with Crippen molar-refractivity contribution in [2.45, 2.75) is 19.0 Å². The summed E-state index contributed by atoms with van der Waals surface area (Å²) in [6.07, 6.45) is 0.937. The Morgan fingerprint density at radius 2 is 2.00 bits per heavy atom. The molecule has 0 saturated heterocycles. The maximum atomic E-state index is 3.99. The maximum Gasteiger partial charge on any atom is 0.192 e. The Hall–Kier alpha value is -0.450. The van der Waals surface area contributed by atoms with Gasteiger partial charge in [-0.25, -0.2) is 0 Å². The zero-order valence-corrected chi connectivity index (χ0v) is 8.95. The zero-order chi connectivity index (χ0) is 8.60. The van der Waals surface area contributed by atoms with Crippen LogP contribution >= 0.6 is 22.6 Å². The molecule has 62 valence electrons. The summed E-state index contributed by atoms with van der Waals surface area (Å²) in [6.45, 7) is 2.05. The third kappa shape index (κ3) is 1.65. The first-order valence-corrected chi connectivity index (χ1v) is 4.95. The van der Waals surface area contributed by atoms with Crippen molar-refractivity contribution in [3.8, 4) is 0 Å². The van der Waals surface area contributed by atoms with Gasteiger partial charge in [-0.2, -0.15) is 10.2 Å². The molecule has 1 aromatic rings. The largest absolute Gasteiger partial charge is 0.192 e.